The quantitative estimate of drug-likeness (QED) is 0.631. The van der Waals surface area contributed by atoms with Crippen LogP contribution in [-0.2, 0) is 16.7 Å². The van der Waals surface area contributed by atoms with Gasteiger partial charge in [0.25, 0.3) is 0 Å². The van der Waals surface area contributed by atoms with Gasteiger partial charge in [-0.05, 0) is 82.8 Å². The number of halogens is 1. The Morgan fingerprint density at radius 2 is 1.93 bits per heavy atom. The van der Waals surface area contributed by atoms with E-state index in [1.807, 2.05) is 25.3 Å². The Morgan fingerprint density at radius 1 is 1.18 bits per heavy atom. The maximum Gasteiger partial charge on any atom is 0.123 e. The van der Waals surface area contributed by atoms with Gasteiger partial charge in [0.2, 0.25) is 0 Å². The lowest BCUT2D eigenvalue weighted by atomic mass is 9.81. The van der Waals surface area contributed by atoms with Crippen molar-refractivity contribution >= 4 is 0 Å². The van der Waals surface area contributed by atoms with Crippen molar-refractivity contribution in [2.75, 3.05) is 26.3 Å². The van der Waals surface area contributed by atoms with Crippen molar-refractivity contribution in [1.82, 2.24) is 9.88 Å². The fraction of sp³-hybridized carbons (Fsp3) is 0.542. The number of benzene rings is 1. The Balaban J connectivity index is 1.73. The molecule has 3 rings (SSSR count). The molecule has 0 aliphatic carbocycles. The van der Waals surface area contributed by atoms with Crippen molar-refractivity contribution in [2.45, 2.75) is 52.5 Å². The van der Waals surface area contributed by atoms with Crippen LogP contribution in [0.2, 0.25) is 0 Å². The predicted octanol–water partition coefficient (Wildman–Crippen LogP) is 5.13. The molecule has 3 nitrogen and oxygen atoms in total. The van der Waals surface area contributed by atoms with Gasteiger partial charge in [-0.25, -0.2) is 4.39 Å². The molecule has 0 spiro atoms. The van der Waals surface area contributed by atoms with Gasteiger partial charge < -0.3 is 4.74 Å². The van der Waals surface area contributed by atoms with E-state index in [0.717, 1.165) is 51.3 Å². The molecule has 1 fully saturated rings. The molecular formula is C24H33FN2O. The summed E-state index contributed by atoms with van der Waals surface area (Å²) in [5, 5.41) is 0. The third-order valence-corrected chi connectivity index (χ3v) is 6.32. The normalized spacial score (nSPS) is 20.6. The molecule has 4 heteroatoms. The van der Waals surface area contributed by atoms with Gasteiger partial charge in [-0.1, -0.05) is 18.2 Å². The Morgan fingerprint density at radius 3 is 2.57 bits per heavy atom. The molecule has 1 aliphatic heterocycles. The number of aromatic nitrogens is 1. The highest BCUT2D eigenvalue weighted by Gasteiger charge is 2.43. The van der Waals surface area contributed by atoms with Gasteiger partial charge in [-0.2, -0.15) is 0 Å². The molecule has 2 aromatic rings. The molecule has 0 radical (unpaired) electrons. The molecule has 2 heterocycles. The highest BCUT2D eigenvalue weighted by molar-refractivity contribution is 5.22. The molecule has 1 aromatic heterocycles. The molecule has 1 saturated heterocycles. The zero-order valence-corrected chi connectivity index (χ0v) is 17.7. The van der Waals surface area contributed by atoms with Crippen LogP contribution in [-0.4, -0.2) is 36.2 Å². The molecule has 1 unspecified atom stereocenters. The number of nitrogens with zero attached hydrogens (tertiary/aromatic N) is 2. The van der Waals surface area contributed by atoms with E-state index >= 15 is 0 Å². The first-order chi connectivity index (χ1) is 13.3. The molecule has 28 heavy (non-hydrogen) atoms. The van der Waals surface area contributed by atoms with Crippen LogP contribution in [0.25, 0.3) is 0 Å². The molecule has 0 saturated carbocycles. The van der Waals surface area contributed by atoms with Crippen LogP contribution in [0.3, 0.4) is 0 Å². The summed E-state index contributed by atoms with van der Waals surface area (Å²) in [6.45, 7) is 12.2. The number of ether oxygens (including phenoxy) is 1. The lowest BCUT2D eigenvalue weighted by Gasteiger charge is -2.38. The summed E-state index contributed by atoms with van der Waals surface area (Å²) in [5.74, 6) is -0.173. The highest BCUT2D eigenvalue weighted by Crippen LogP contribution is 2.41. The minimum Gasteiger partial charge on any atom is -0.381 e. The van der Waals surface area contributed by atoms with Gasteiger partial charge in [-0.15, -0.1) is 0 Å². The van der Waals surface area contributed by atoms with E-state index < -0.39 is 0 Å². The molecule has 0 amide bonds. The summed E-state index contributed by atoms with van der Waals surface area (Å²) in [5.41, 5.74) is 3.57. The van der Waals surface area contributed by atoms with E-state index in [1.165, 1.54) is 11.1 Å². The lowest BCUT2D eigenvalue weighted by Crippen LogP contribution is -2.42. The van der Waals surface area contributed by atoms with E-state index in [9.17, 15) is 4.39 Å². The summed E-state index contributed by atoms with van der Waals surface area (Å²) in [7, 11) is 0. The zero-order chi connectivity index (χ0) is 20.2. The smallest absolute Gasteiger partial charge is 0.123 e. The minimum absolute atomic E-state index is 0.0649. The van der Waals surface area contributed by atoms with Crippen LogP contribution in [0.5, 0.6) is 0 Å². The van der Waals surface area contributed by atoms with Crippen LogP contribution in [0.4, 0.5) is 4.39 Å². The second-order valence-electron chi connectivity index (χ2n) is 8.68. The largest absolute Gasteiger partial charge is 0.381 e. The zero-order valence-electron chi connectivity index (χ0n) is 17.7. The SMILES string of the molecule is CCOCC1(CCc2ccc(F)cc2)CCN(C(C)(C)c2ccc(C)nc2)C1. The first-order valence-corrected chi connectivity index (χ1v) is 10.3. The number of likely N-dealkylation sites (tertiary alicyclic amines) is 1. The lowest BCUT2D eigenvalue weighted by molar-refractivity contribution is 0.0385. The Hall–Kier alpha value is -1.78. The monoisotopic (exact) mass is 384 g/mol. The van der Waals surface area contributed by atoms with Crippen LogP contribution in [0.15, 0.2) is 42.6 Å². The summed E-state index contributed by atoms with van der Waals surface area (Å²) in [6, 6.07) is 11.2. The van der Waals surface area contributed by atoms with E-state index in [1.54, 1.807) is 12.1 Å². The molecule has 1 aliphatic rings. The average Bonchev–Trinajstić information content (AvgIpc) is 3.12. The van der Waals surface area contributed by atoms with Gasteiger partial charge in [-0.3, -0.25) is 9.88 Å². The maximum absolute atomic E-state index is 13.2. The van der Waals surface area contributed by atoms with Crippen molar-refractivity contribution < 1.29 is 9.13 Å². The van der Waals surface area contributed by atoms with Gasteiger partial charge in [0, 0.05) is 36.0 Å². The van der Waals surface area contributed by atoms with E-state index in [0.29, 0.717) is 0 Å². The van der Waals surface area contributed by atoms with Crippen LogP contribution in [0, 0.1) is 18.2 Å². The number of hydrogen-bond acceptors (Lipinski definition) is 3. The molecule has 0 N–H and O–H groups in total. The van der Waals surface area contributed by atoms with Crippen LogP contribution < -0.4 is 0 Å². The van der Waals surface area contributed by atoms with Crippen molar-refractivity contribution in [3.05, 3.63) is 65.2 Å². The van der Waals surface area contributed by atoms with Crippen molar-refractivity contribution in [3.63, 3.8) is 0 Å². The van der Waals surface area contributed by atoms with E-state index in [4.69, 9.17) is 4.74 Å². The average molecular weight is 385 g/mol. The first kappa shape index (κ1) is 20.9. The van der Waals surface area contributed by atoms with Gasteiger partial charge >= 0.3 is 0 Å². The van der Waals surface area contributed by atoms with Gasteiger partial charge in [0.1, 0.15) is 5.82 Å². The molecule has 0 bridgehead atoms. The summed E-state index contributed by atoms with van der Waals surface area (Å²) >= 11 is 0. The number of hydrogen-bond donors (Lipinski definition) is 0. The van der Waals surface area contributed by atoms with Crippen molar-refractivity contribution in [2.24, 2.45) is 5.41 Å². The van der Waals surface area contributed by atoms with E-state index in [-0.39, 0.29) is 16.8 Å². The Bertz CT molecular complexity index is 757. The molecular weight excluding hydrogens is 351 g/mol. The third-order valence-electron chi connectivity index (χ3n) is 6.32. The minimum atomic E-state index is -0.173. The second-order valence-corrected chi connectivity index (χ2v) is 8.68. The maximum atomic E-state index is 13.2. The molecule has 1 aromatic carbocycles. The van der Waals surface area contributed by atoms with Crippen molar-refractivity contribution in [1.29, 1.82) is 0 Å². The third kappa shape index (κ3) is 4.79. The van der Waals surface area contributed by atoms with Crippen LogP contribution in [0.1, 0.15) is 50.4 Å². The summed E-state index contributed by atoms with van der Waals surface area (Å²) < 4.78 is 19.1. The molecule has 152 valence electrons. The summed E-state index contributed by atoms with van der Waals surface area (Å²) in [4.78, 5) is 7.08. The summed E-state index contributed by atoms with van der Waals surface area (Å²) in [6.07, 6.45) is 5.14. The van der Waals surface area contributed by atoms with Gasteiger partial charge in [0.15, 0.2) is 0 Å². The van der Waals surface area contributed by atoms with E-state index in [2.05, 4.69) is 42.8 Å². The fourth-order valence-corrected chi connectivity index (χ4v) is 4.20. The topological polar surface area (TPSA) is 25.4 Å². The highest BCUT2D eigenvalue weighted by atomic mass is 19.1. The van der Waals surface area contributed by atoms with Crippen LogP contribution >= 0.6 is 0 Å². The predicted molar refractivity (Wildman–Crippen MR) is 112 cm³/mol. The Labute approximate surface area is 168 Å². The number of aryl methyl sites for hydroxylation is 2. The first-order valence-electron chi connectivity index (χ1n) is 10.3. The Kier molecular flexibility index (Phi) is 6.51. The number of rotatable bonds is 8. The molecule has 1 atom stereocenters. The van der Waals surface area contributed by atoms with Gasteiger partial charge in [0.05, 0.1) is 6.61 Å². The van der Waals surface area contributed by atoms with Crippen molar-refractivity contribution in [3.8, 4) is 0 Å². The fourth-order valence-electron chi connectivity index (χ4n) is 4.20. The second kappa shape index (κ2) is 8.71. The standard InChI is InChI=1S/C24H33FN2O/c1-5-28-18-24(13-12-20-7-10-22(25)11-8-20)14-15-27(17-24)23(3,4)21-9-6-19(2)26-16-21/h6-11,16H,5,12-15,17-18H2,1-4H3. The number of pyridine rings is 1.